The van der Waals surface area contributed by atoms with Gasteiger partial charge in [0.05, 0.1) is 4.91 Å². The van der Waals surface area contributed by atoms with Crippen LogP contribution >= 0.6 is 24.0 Å². The molecule has 0 aliphatic carbocycles. The number of unbranched alkanes of at least 4 members (excludes halogenated alkanes) is 3. The molecule has 3 heterocycles. The van der Waals surface area contributed by atoms with Crippen LogP contribution in [0.1, 0.15) is 68.2 Å². The Balaban J connectivity index is 1.67. The van der Waals surface area contributed by atoms with Crippen LogP contribution in [0.5, 0.6) is 0 Å². The number of aromatic nitrogens is 1. The Bertz CT molecular complexity index is 1350. The Labute approximate surface area is 247 Å². The van der Waals surface area contributed by atoms with E-state index in [1.807, 2.05) is 26.0 Å². The van der Waals surface area contributed by atoms with Gasteiger partial charge in [0.1, 0.15) is 21.8 Å². The summed E-state index contributed by atoms with van der Waals surface area (Å²) in [5.74, 6) is 0.715. The van der Waals surface area contributed by atoms with E-state index in [9.17, 15) is 14.9 Å². The summed E-state index contributed by atoms with van der Waals surface area (Å²) in [5.41, 5.74) is 2.55. The van der Waals surface area contributed by atoms with Gasteiger partial charge in [0.15, 0.2) is 0 Å². The van der Waals surface area contributed by atoms with Gasteiger partial charge in [-0.3, -0.25) is 24.0 Å². The van der Waals surface area contributed by atoms with E-state index in [4.69, 9.17) is 12.2 Å². The second kappa shape index (κ2) is 14.1. The minimum atomic E-state index is -0.260. The molecule has 7 nitrogen and oxygen atoms in total. The van der Waals surface area contributed by atoms with Gasteiger partial charge in [0.2, 0.25) is 0 Å². The number of nitriles is 1. The fourth-order valence-corrected chi connectivity index (χ4v) is 6.69. The first-order valence-corrected chi connectivity index (χ1v) is 15.6. The Morgan fingerprint density at radius 2 is 1.73 bits per heavy atom. The lowest BCUT2D eigenvalue weighted by molar-refractivity contribution is -0.122. The summed E-state index contributed by atoms with van der Waals surface area (Å²) in [4.78, 5) is 33.9. The van der Waals surface area contributed by atoms with Crippen LogP contribution in [0, 0.1) is 18.3 Å². The molecule has 2 fully saturated rings. The van der Waals surface area contributed by atoms with Gasteiger partial charge in [0.25, 0.3) is 11.5 Å². The van der Waals surface area contributed by atoms with E-state index in [-0.39, 0.29) is 17.0 Å². The molecule has 4 rings (SSSR count). The predicted octanol–water partition coefficient (Wildman–Crippen LogP) is 5.54. The molecular weight excluding hydrogens is 539 g/mol. The zero-order chi connectivity index (χ0) is 28.6. The topological polar surface area (TPSA) is 72.6 Å². The molecule has 0 unspecified atom stereocenters. The normalized spacial score (nSPS) is 17.2. The Kier molecular flexibility index (Phi) is 10.6. The van der Waals surface area contributed by atoms with Crippen LogP contribution in [-0.4, -0.2) is 57.3 Å². The Hall–Kier alpha value is -2.93. The zero-order valence-electron chi connectivity index (χ0n) is 23.8. The van der Waals surface area contributed by atoms with Gasteiger partial charge in [-0.05, 0) is 37.0 Å². The van der Waals surface area contributed by atoms with Crippen molar-refractivity contribution in [3.8, 4) is 6.07 Å². The van der Waals surface area contributed by atoms with E-state index >= 15 is 0 Å². The predicted molar refractivity (Wildman–Crippen MR) is 168 cm³/mol. The third kappa shape index (κ3) is 6.68. The first-order chi connectivity index (χ1) is 19.4. The number of piperazine rings is 1. The minimum absolute atomic E-state index is 0.0868. The van der Waals surface area contributed by atoms with Crippen molar-refractivity contribution in [3.63, 3.8) is 0 Å². The summed E-state index contributed by atoms with van der Waals surface area (Å²) in [6.45, 7) is 11.2. The number of benzene rings is 1. The molecule has 0 saturated carbocycles. The zero-order valence-corrected chi connectivity index (χ0v) is 25.5. The van der Waals surface area contributed by atoms with Crippen molar-refractivity contribution in [1.82, 2.24) is 14.4 Å². The van der Waals surface area contributed by atoms with Crippen LogP contribution in [0.15, 0.2) is 40.0 Å². The summed E-state index contributed by atoms with van der Waals surface area (Å²) < 4.78 is 2.32. The molecular formula is C31H39N5O2S2. The summed E-state index contributed by atoms with van der Waals surface area (Å²) in [7, 11) is 0. The third-order valence-electron chi connectivity index (χ3n) is 7.60. The van der Waals surface area contributed by atoms with Crippen LogP contribution < -0.4 is 10.5 Å². The smallest absolute Gasteiger partial charge is 0.270 e. The largest absolute Gasteiger partial charge is 0.355 e. The van der Waals surface area contributed by atoms with E-state index in [1.54, 1.807) is 9.47 Å². The minimum Gasteiger partial charge on any atom is -0.355 e. The molecule has 0 N–H and O–H groups in total. The average Bonchev–Trinajstić information content (AvgIpc) is 3.22. The number of hydrogen-bond donors (Lipinski definition) is 0. The summed E-state index contributed by atoms with van der Waals surface area (Å²) in [5, 5.41) is 9.92. The van der Waals surface area contributed by atoms with Gasteiger partial charge < -0.3 is 4.90 Å². The second-order valence-electron chi connectivity index (χ2n) is 10.4. The molecule has 0 bridgehead atoms. The maximum Gasteiger partial charge on any atom is 0.270 e. The highest BCUT2D eigenvalue weighted by molar-refractivity contribution is 8.26. The summed E-state index contributed by atoms with van der Waals surface area (Å²) in [6.07, 6.45) is 6.90. The number of pyridine rings is 1. The number of rotatable bonds is 11. The van der Waals surface area contributed by atoms with Gasteiger partial charge in [0, 0.05) is 51.4 Å². The maximum atomic E-state index is 13.5. The van der Waals surface area contributed by atoms with Crippen molar-refractivity contribution >= 4 is 46.1 Å². The molecule has 2 aromatic rings. The van der Waals surface area contributed by atoms with E-state index in [0.717, 1.165) is 76.2 Å². The standard InChI is InChI=1S/C31H39N5O2S2/c1-4-6-7-11-15-36-30(38)27(40-31(36)39)20-25-23(3)26(21-32)29(37)35(14-5-2)28(25)34-18-16-33(17-19-34)22-24-12-9-8-10-13-24/h8-10,12-13,20H,4-7,11,14-19,22H2,1-3H3/b27-20-. The third-order valence-corrected chi connectivity index (χ3v) is 8.98. The van der Waals surface area contributed by atoms with Crippen molar-refractivity contribution in [1.29, 1.82) is 5.26 Å². The Morgan fingerprint density at radius 1 is 1.00 bits per heavy atom. The van der Waals surface area contributed by atoms with Crippen LogP contribution in [0.3, 0.4) is 0 Å². The van der Waals surface area contributed by atoms with E-state index in [1.165, 1.54) is 17.3 Å². The molecule has 0 atom stereocenters. The first-order valence-electron chi connectivity index (χ1n) is 14.3. The van der Waals surface area contributed by atoms with Gasteiger partial charge in [-0.25, -0.2) is 0 Å². The molecule has 1 aromatic heterocycles. The first kappa shape index (κ1) is 30.0. The monoisotopic (exact) mass is 577 g/mol. The lowest BCUT2D eigenvalue weighted by atomic mass is 10.0. The van der Waals surface area contributed by atoms with Crippen LogP contribution in [0.25, 0.3) is 6.08 Å². The molecule has 2 aliphatic heterocycles. The number of carbonyl (C=O) groups is 1. The fraction of sp³-hybridized carbons (Fsp3) is 0.484. The molecule has 2 saturated heterocycles. The molecule has 1 amide bonds. The van der Waals surface area contributed by atoms with E-state index < -0.39 is 0 Å². The Morgan fingerprint density at radius 3 is 2.38 bits per heavy atom. The van der Waals surface area contributed by atoms with E-state index in [0.29, 0.717) is 27.9 Å². The van der Waals surface area contributed by atoms with Gasteiger partial charge >= 0.3 is 0 Å². The molecule has 212 valence electrons. The number of hydrogen-bond acceptors (Lipinski definition) is 7. The van der Waals surface area contributed by atoms with Crippen molar-refractivity contribution in [2.75, 3.05) is 37.6 Å². The van der Waals surface area contributed by atoms with E-state index in [2.05, 4.69) is 47.1 Å². The van der Waals surface area contributed by atoms with Crippen molar-refractivity contribution in [3.05, 3.63) is 67.8 Å². The quantitative estimate of drug-likeness (QED) is 0.197. The van der Waals surface area contributed by atoms with Gasteiger partial charge in [-0.2, -0.15) is 5.26 Å². The number of anilines is 1. The van der Waals surface area contributed by atoms with Crippen LogP contribution in [-0.2, 0) is 17.9 Å². The number of carbonyl (C=O) groups excluding carboxylic acids is 1. The molecule has 40 heavy (non-hydrogen) atoms. The molecule has 1 aromatic carbocycles. The molecule has 0 spiro atoms. The summed E-state index contributed by atoms with van der Waals surface area (Å²) in [6, 6.07) is 12.6. The fourth-order valence-electron chi connectivity index (χ4n) is 5.40. The summed E-state index contributed by atoms with van der Waals surface area (Å²) >= 11 is 6.90. The lowest BCUT2D eigenvalue weighted by Crippen LogP contribution is -2.48. The van der Waals surface area contributed by atoms with Crippen LogP contribution in [0.2, 0.25) is 0 Å². The highest BCUT2D eigenvalue weighted by Gasteiger charge is 2.33. The van der Waals surface area contributed by atoms with Crippen molar-refractivity contribution < 1.29 is 4.79 Å². The number of nitrogens with zero attached hydrogens (tertiary/aromatic N) is 5. The van der Waals surface area contributed by atoms with Crippen molar-refractivity contribution in [2.24, 2.45) is 0 Å². The van der Waals surface area contributed by atoms with Crippen molar-refractivity contribution in [2.45, 2.75) is 66.0 Å². The second-order valence-corrected chi connectivity index (χ2v) is 12.1. The van der Waals surface area contributed by atoms with Gasteiger partial charge in [-0.15, -0.1) is 0 Å². The lowest BCUT2D eigenvalue weighted by Gasteiger charge is -2.38. The van der Waals surface area contributed by atoms with Gasteiger partial charge in [-0.1, -0.05) is 87.4 Å². The highest BCUT2D eigenvalue weighted by Crippen LogP contribution is 2.36. The molecule has 9 heteroatoms. The number of thioether (sulfide) groups is 1. The molecule has 2 aliphatic rings. The van der Waals surface area contributed by atoms with Crippen LogP contribution in [0.4, 0.5) is 5.82 Å². The maximum absolute atomic E-state index is 13.5. The highest BCUT2D eigenvalue weighted by atomic mass is 32.2. The number of thiocarbonyl (C=S) groups is 1. The molecule has 0 radical (unpaired) electrons. The SMILES string of the molecule is CCCCCCN1C(=O)/C(=C/c2c(C)c(C#N)c(=O)n(CCC)c2N2CCN(Cc3ccccc3)CC2)SC1=S. The average molecular weight is 578 g/mol. The number of amides is 1.